The van der Waals surface area contributed by atoms with E-state index in [-0.39, 0.29) is 12.4 Å². The van der Waals surface area contributed by atoms with Gasteiger partial charge in [0.05, 0.1) is 29.5 Å². The zero-order valence-corrected chi connectivity index (χ0v) is 12.6. The van der Waals surface area contributed by atoms with Crippen molar-refractivity contribution in [3.8, 4) is 6.07 Å². The molecular formula is C14H20N2O3S. The van der Waals surface area contributed by atoms with Crippen molar-refractivity contribution in [3.05, 3.63) is 35.4 Å². The lowest BCUT2D eigenvalue weighted by Crippen LogP contribution is -2.50. The van der Waals surface area contributed by atoms with Crippen LogP contribution in [0.25, 0.3) is 0 Å². The monoisotopic (exact) mass is 296 g/mol. The second-order valence-electron chi connectivity index (χ2n) is 4.82. The molecule has 0 aliphatic carbocycles. The Bertz CT molecular complexity index is 578. The predicted molar refractivity (Wildman–Crippen MR) is 77.3 cm³/mol. The van der Waals surface area contributed by atoms with Crippen LogP contribution in [0.5, 0.6) is 0 Å². The molecule has 0 unspecified atom stereocenters. The second kappa shape index (κ2) is 6.84. The van der Waals surface area contributed by atoms with Crippen molar-refractivity contribution >= 4 is 10.0 Å². The molecule has 0 aromatic heterocycles. The van der Waals surface area contributed by atoms with E-state index in [4.69, 9.17) is 5.26 Å². The van der Waals surface area contributed by atoms with Crippen LogP contribution < -0.4 is 4.72 Å². The molecular weight excluding hydrogens is 276 g/mol. The van der Waals surface area contributed by atoms with E-state index in [0.717, 1.165) is 0 Å². The van der Waals surface area contributed by atoms with Gasteiger partial charge in [-0.3, -0.25) is 0 Å². The lowest BCUT2D eigenvalue weighted by atomic mass is 9.96. The third kappa shape index (κ3) is 4.30. The summed E-state index contributed by atoms with van der Waals surface area (Å²) in [6.07, 6.45) is 1.02. The zero-order chi connectivity index (χ0) is 15.2. The Labute approximate surface area is 120 Å². The largest absolute Gasteiger partial charge is 0.394 e. The van der Waals surface area contributed by atoms with Gasteiger partial charge in [0.2, 0.25) is 10.0 Å². The summed E-state index contributed by atoms with van der Waals surface area (Å²) < 4.78 is 27.0. The quantitative estimate of drug-likeness (QED) is 0.798. The van der Waals surface area contributed by atoms with Crippen molar-refractivity contribution in [1.29, 1.82) is 5.26 Å². The van der Waals surface area contributed by atoms with Gasteiger partial charge in [-0.15, -0.1) is 0 Å². The zero-order valence-electron chi connectivity index (χ0n) is 11.8. The Morgan fingerprint density at radius 1 is 1.35 bits per heavy atom. The lowest BCUT2D eigenvalue weighted by molar-refractivity contribution is 0.172. The highest BCUT2D eigenvalue weighted by atomic mass is 32.2. The second-order valence-corrected chi connectivity index (χ2v) is 6.54. The molecule has 0 aliphatic rings. The van der Waals surface area contributed by atoms with Gasteiger partial charge >= 0.3 is 0 Å². The molecule has 5 nitrogen and oxygen atoms in total. The van der Waals surface area contributed by atoms with Gasteiger partial charge in [0.15, 0.2) is 0 Å². The molecule has 0 spiro atoms. The van der Waals surface area contributed by atoms with Crippen LogP contribution in [0.4, 0.5) is 0 Å². The minimum Gasteiger partial charge on any atom is -0.394 e. The Hall–Kier alpha value is -1.42. The first-order valence-electron chi connectivity index (χ1n) is 6.52. The number of rotatable bonds is 7. The SMILES string of the molecule is CCC(CC)(CO)NS(=O)(=O)Cc1cccc(C#N)c1. The number of hydrogen-bond donors (Lipinski definition) is 2. The fourth-order valence-electron chi connectivity index (χ4n) is 1.97. The minimum absolute atomic E-state index is 0.204. The van der Waals surface area contributed by atoms with Crippen LogP contribution in [0.15, 0.2) is 24.3 Å². The number of sulfonamides is 1. The van der Waals surface area contributed by atoms with Crippen LogP contribution >= 0.6 is 0 Å². The van der Waals surface area contributed by atoms with Gasteiger partial charge in [0.1, 0.15) is 0 Å². The summed E-state index contributed by atoms with van der Waals surface area (Å²) >= 11 is 0. The van der Waals surface area contributed by atoms with E-state index in [0.29, 0.717) is 24.0 Å². The summed E-state index contributed by atoms with van der Waals surface area (Å²) in [7, 11) is -3.57. The number of benzene rings is 1. The average molecular weight is 296 g/mol. The fraction of sp³-hybridized carbons (Fsp3) is 0.500. The maximum absolute atomic E-state index is 12.2. The number of aliphatic hydroxyl groups is 1. The average Bonchev–Trinajstić information content (AvgIpc) is 2.44. The predicted octanol–water partition coefficient (Wildman–Crippen LogP) is 1.53. The summed E-state index contributed by atoms with van der Waals surface area (Å²) in [6.45, 7) is 3.43. The third-order valence-corrected chi connectivity index (χ3v) is 4.90. The topological polar surface area (TPSA) is 90.2 Å². The molecule has 0 amide bonds. The third-order valence-electron chi connectivity index (χ3n) is 3.44. The van der Waals surface area contributed by atoms with Gasteiger partial charge in [0.25, 0.3) is 0 Å². The Kier molecular flexibility index (Phi) is 5.69. The van der Waals surface area contributed by atoms with Crippen LogP contribution in [0.2, 0.25) is 0 Å². The Morgan fingerprint density at radius 3 is 2.50 bits per heavy atom. The first-order valence-corrected chi connectivity index (χ1v) is 8.17. The van der Waals surface area contributed by atoms with Crippen LogP contribution in [0.3, 0.4) is 0 Å². The number of nitriles is 1. The molecule has 20 heavy (non-hydrogen) atoms. The lowest BCUT2D eigenvalue weighted by Gasteiger charge is -2.30. The number of hydrogen-bond acceptors (Lipinski definition) is 4. The number of nitrogens with zero attached hydrogens (tertiary/aromatic N) is 1. The standard InChI is InChI=1S/C14H20N2O3S/c1-3-14(4-2,11-17)16-20(18,19)10-13-7-5-6-12(8-13)9-15/h5-8,16-17H,3-4,10-11H2,1-2H3. The van der Waals surface area contributed by atoms with E-state index in [1.165, 1.54) is 0 Å². The van der Waals surface area contributed by atoms with Crippen molar-refractivity contribution in [3.63, 3.8) is 0 Å². The first-order chi connectivity index (χ1) is 9.40. The normalized spacial score (nSPS) is 12.1. The first kappa shape index (κ1) is 16.6. The van der Waals surface area contributed by atoms with E-state index in [2.05, 4.69) is 4.72 Å². The van der Waals surface area contributed by atoms with Crippen molar-refractivity contribution in [1.82, 2.24) is 4.72 Å². The highest BCUT2D eigenvalue weighted by Crippen LogP contribution is 2.17. The molecule has 0 bridgehead atoms. The molecule has 2 N–H and O–H groups in total. The van der Waals surface area contributed by atoms with Gasteiger partial charge in [-0.05, 0) is 30.5 Å². The number of nitrogens with one attached hydrogen (secondary N) is 1. The maximum atomic E-state index is 12.2. The summed E-state index contributed by atoms with van der Waals surface area (Å²) in [5.41, 5.74) is 0.166. The van der Waals surface area contributed by atoms with E-state index in [1.807, 2.05) is 19.9 Å². The minimum atomic E-state index is -3.57. The smallest absolute Gasteiger partial charge is 0.216 e. The van der Waals surface area contributed by atoms with Gasteiger partial charge in [-0.25, -0.2) is 13.1 Å². The summed E-state index contributed by atoms with van der Waals surface area (Å²) in [6, 6.07) is 8.48. The molecule has 0 atom stereocenters. The molecule has 0 aliphatic heterocycles. The molecule has 1 rings (SSSR count). The molecule has 0 fully saturated rings. The summed E-state index contributed by atoms with van der Waals surface area (Å²) in [4.78, 5) is 0. The van der Waals surface area contributed by atoms with Crippen molar-refractivity contribution in [2.75, 3.05) is 6.61 Å². The Morgan fingerprint density at radius 2 is 2.00 bits per heavy atom. The van der Waals surface area contributed by atoms with Gasteiger partial charge in [0, 0.05) is 0 Å². The fourth-order valence-corrected chi connectivity index (χ4v) is 3.67. The molecule has 0 saturated heterocycles. The van der Waals surface area contributed by atoms with E-state index in [1.54, 1.807) is 24.3 Å². The van der Waals surface area contributed by atoms with Crippen molar-refractivity contribution in [2.24, 2.45) is 0 Å². The van der Waals surface area contributed by atoms with Crippen LogP contribution in [0.1, 0.15) is 37.8 Å². The highest BCUT2D eigenvalue weighted by molar-refractivity contribution is 7.88. The van der Waals surface area contributed by atoms with Crippen LogP contribution in [-0.4, -0.2) is 25.7 Å². The molecule has 1 aromatic carbocycles. The van der Waals surface area contributed by atoms with Crippen LogP contribution in [0, 0.1) is 11.3 Å². The molecule has 110 valence electrons. The van der Waals surface area contributed by atoms with Gasteiger partial charge in [-0.1, -0.05) is 26.0 Å². The molecule has 6 heteroatoms. The van der Waals surface area contributed by atoms with Gasteiger partial charge < -0.3 is 5.11 Å². The highest BCUT2D eigenvalue weighted by Gasteiger charge is 2.30. The molecule has 1 aromatic rings. The van der Waals surface area contributed by atoms with Gasteiger partial charge in [-0.2, -0.15) is 5.26 Å². The van der Waals surface area contributed by atoms with Crippen molar-refractivity contribution in [2.45, 2.75) is 38.0 Å². The maximum Gasteiger partial charge on any atom is 0.216 e. The van der Waals surface area contributed by atoms with E-state index < -0.39 is 15.6 Å². The van der Waals surface area contributed by atoms with E-state index >= 15 is 0 Å². The van der Waals surface area contributed by atoms with Crippen molar-refractivity contribution < 1.29 is 13.5 Å². The molecule has 0 heterocycles. The molecule has 0 saturated carbocycles. The Balaban J connectivity index is 2.92. The number of aliphatic hydroxyl groups excluding tert-OH is 1. The van der Waals surface area contributed by atoms with E-state index in [9.17, 15) is 13.5 Å². The summed E-state index contributed by atoms with van der Waals surface area (Å²) in [5, 5.41) is 18.2. The molecule has 0 radical (unpaired) electrons. The summed E-state index contributed by atoms with van der Waals surface area (Å²) in [5.74, 6) is -0.204. The van der Waals surface area contributed by atoms with Crippen LogP contribution in [-0.2, 0) is 15.8 Å².